The Hall–Kier alpha value is -4.53. The van der Waals surface area contributed by atoms with Gasteiger partial charge in [0.15, 0.2) is 0 Å². The van der Waals surface area contributed by atoms with Crippen molar-refractivity contribution >= 4 is 41.4 Å². The molecule has 282 valence electrons. The number of carbonyl (C=O) groups is 7. The molecule has 15 heteroatoms. The standard InChI is InChI=1S/C36H54N6O9/c1-6-13-26(31(44)33(46)37-20-28(43)39-29(34(47)41(4)5)24-14-9-7-10-15-24)38-32(45)27-22-50-19-18-42(27)35(48)30(25-16-11-8-12-17-25)40-36(49)51-21-23(2)3/h7,9-10,14-15,23,25-27,29-30H,6,8,11-13,16-22H2,1-5H3,(H,37,46)(H,38,45)(H,39,43)(H,40,49)/t26?,27-,29-,30-/m0/s1. The lowest BCUT2D eigenvalue weighted by atomic mass is 9.83. The molecule has 0 radical (unpaired) electrons. The molecule has 2 aliphatic rings. The van der Waals surface area contributed by atoms with Gasteiger partial charge < -0.3 is 40.5 Å². The number of nitrogens with zero attached hydrogens (tertiary/aromatic N) is 2. The molecule has 1 saturated carbocycles. The first-order valence-corrected chi connectivity index (χ1v) is 17.8. The van der Waals surface area contributed by atoms with Crippen LogP contribution in [0.1, 0.15) is 77.3 Å². The van der Waals surface area contributed by atoms with E-state index in [0.29, 0.717) is 12.0 Å². The van der Waals surface area contributed by atoms with E-state index in [9.17, 15) is 33.6 Å². The van der Waals surface area contributed by atoms with Gasteiger partial charge in [0, 0.05) is 20.6 Å². The second kappa shape index (κ2) is 20.4. The normalized spacial score (nSPS) is 18.1. The molecule has 0 spiro atoms. The number of hydrogen-bond acceptors (Lipinski definition) is 9. The van der Waals surface area contributed by atoms with Crippen LogP contribution >= 0.6 is 0 Å². The van der Waals surface area contributed by atoms with E-state index in [2.05, 4.69) is 21.3 Å². The third-order valence-electron chi connectivity index (χ3n) is 8.89. The van der Waals surface area contributed by atoms with Gasteiger partial charge in [0.1, 0.15) is 18.1 Å². The molecule has 4 atom stereocenters. The van der Waals surface area contributed by atoms with Crippen molar-refractivity contribution in [3.8, 4) is 0 Å². The van der Waals surface area contributed by atoms with Gasteiger partial charge in [0.25, 0.3) is 5.91 Å². The highest BCUT2D eigenvalue weighted by atomic mass is 16.5. The highest BCUT2D eigenvalue weighted by Crippen LogP contribution is 2.28. The van der Waals surface area contributed by atoms with E-state index in [1.807, 2.05) is 13.8 Å². The van der Waals surface area contributed by atoms with Crippen LogP contribution in [0.2, 0.25) is 0 Å². The monoisotopic (exact) mass is 714 g/mol. The van der Waals surface area contributed by atoms with Crippen molar-refractivity contribution in [2.24, 2.45) is 11.8 Å². The summed E-state index contributed by atoms with van der Waals surface area (Å²) in [5.74, 6) is -4.28. The molecule has 1 heterocycles. The maximum atomic E-state index is 14.1. The summed E-state index contributed by atoms with van der Waals surface area (Å²) in [4.78, 5) is 94.9. The first-order chi connectivity index (χ1) is 24.3. The molecule has 1 aromatic rings. The highest BCUT2D eigenvalue weighted by Gasteiger charge is 2.41. The van der Waals surface area contributed by atoms with E-state index in [1.54, 1.807) is 51.4 Å². The minimum absolute atomic E-state index is 0.0884. The zero-order chi connectivity index (χ0) is 37.5. The van der Waals surface area contributed by atoms with Crippen LogP contribution < -0.4 is 21.3 Å². The number of Topliss-reactive ketones (excluding diaryl/α,β-unsaturated/α-hetero) is 1. The van der Waals surface area contributed by atoms with Gasteiger partial charge in [-0.1, -0.05) is 76.8 Å². The van der Waals surface area contributed by atoms with Gasteiger partial charge in [-0.05, 0) is 36.7 Å². The molecule has 0 bridgehead atoms. The summed E-state index contributed by atoms with van der Waals surface area (Å²) in [5.41, 5.74) is 0.545. The molecule has 51 heavy (non-hydrogen) atoms. The van der Waals surface area contributed by atoms with E-state index in [1.165, 1.54) is 9.80 Å². The van der Waals surface area contributed by atoms with Crippen molar-refractivity contribution in [3.05, 3.63) is 35.9 Å². The lowest BCUT2D eigenvalue weighted by Gasteiger charge is -2.39. The van der Waals surface area contributed by atoms with Gasteiger partial charge in [0.05, 0.1) is 32.4 Å². The Morgan fingerprint density at radius 2 is 1.65 bits per heavy atom. The first kappa shape index (κ1) is 40.9. The summed E-state index contributed by atoms with van der Waals surface area (Å²) >= 11 is 0. The van der Waals surface area contributed by atoms with Crippen LogP contribution in [0.4, 0.5) is 4.79 Å². The van der Waals surface area contributed by atoms with Crippen LogP contribution in [-0.4, -0.2) is 116 Å². The van der Waals surface area contributed by atoms with E-state index >= 15 is 0 Å². The number of ether oxygens (including phenoxy) is 2. The topological polar surface area (TPSA) is 193 Å². The number of carbonyl (C=O) groups excluding carboxylic acids is 7. The molecule has 1 aromatic carbocycles. The maximum Gasteiger partial charge on any atom is 0.407 e. The quantitative estimate of drug-likeness (QED) is 0.184. The summed E-state index contributed by atoms with van der Waals surface area (Å²) in [5, 5.41) is 10.3. The molecule has 4 N–H and O–H groups in total. The van der Waals surface area contributed by atoms with Crippen molar-refractivity contribution in [1.82, 2.24) is 31.1 Å². The predicted octanol–water partition coefficient (Wildman–Crippen LogP) is 1.46. The number of nitrogens with one attached hydrogen (secondary N) is 4. The SMILES string of the molecule is CCCC(NC(=O)[C@@H]1COCCN1C(=O)[C@@H](NC(=O)OCC(C)C)C1CCCCC1)C(=O)C(=O)NCC(=O)N[C@H](C(=O)N(C)C)c1ccccc1. The van der Waals surface area contributed by atoms with Crippen LogP contribution in [0.5, 0.6) is 0 Å². The zero-order valence-electron chi connectivity index (χ0n) is 30.4. The van der Waals surface area contributed by atoms with Gasteiger partial charge in [-0.3, -0.25) is 28.8 Å². The molecular weight excluding hydrogens is 660 g/mol. The maximum absolute atomic E-state index is 14.1. The first-order valence-electron chi connectivity index (χ1n) is 17.8. The van der Waals surface area contributed by atoms with Gasteiger partial charge in [0.2, 0.25) is 29.4 Å². The molecular formula is C36H54N6O9. The Kier molecular flexibility index (Phi) is 16.3. The number of morpholine rings is 1. The molecule has 3 rings (SSSR count). The number of likely N-dealkylation sites (N-methyl/N-ethyl adjacent to an activating group) is 1. The van der Waals surface area contributed by atoms with E-state index in [-0.39, 0.29) is 50.5 Å². The number of hydrogen-bond donors (Lipinski definition) is 4. The van der Waals surface area contributed by atoms with E-state index in [0.717, 1.165) is 32.1 Å². The summed E-state index contributed by atoms with van der Waals surface area (Å²) in [6.45, 7) is 5.32. The Bertz CT molecular complexity index is 1370. The van der Waals surface area contributed by atoms with Crippen molar-refractivity contribution < 1.29 is 43.0 Å². The minimum Gasteiger partial charge on any atom is -0.449 e. The average molecular weight is 715 g/mol. The molecule has 15 nitrogen and oxygen atoms in total. The van der Waals surface area contributed by atoms with Crippen molar-refractivity contribution in [2.45, 2.75) is 89.9 Å². The second-order valence-corrected chi connectivity index (χ2v) is 13.7. The average Bonchev–Trinajstić information content (AvgIpc) is 3.13. The lowest BCUT2D eigenvalue weighted by molar-refractivity contribution is -0.152. The van der Waals surface area contributed by atoms with Crippen LogP contribution in [0.15, 0.2) is 30.3 Å². The number of ketones is 1. The number of alkyl carbamates (subject to hydrolysis) is 1. The summed E-state index contributed by atoms with van der Waals surface area (Å²) < 4.78 is 10.9. The fourth-order valence-corrected chi connectivity index (χ4v) is 6.16. The summed E-state index contributed by atoms with van der Waals surface area (Å²) in [6, 6.07) is 4.34. The second-order valence-electron chi connectivity index (χ2n) is 13.7. The van der Waals surface area contributed by atoms with Gasteiger partial charge in [-0.15, -0.1) is 0 Å². The molecule has 1 aliphatic heterocycles. The molecule has 2 fully saturated rings. The summed E-state index contributed by atoms with van der Waals surface area (Å²) in [6.07, 6.45) is 4.19. The fourth-order valence-electron chi connectivity index (χ4n) is 6.16. The van der Waals surface area contributed by atoms with Gasteiger partial charge in [-0.2, -0.15) is 0 Å². The predicted molar refractivity (Wildman–Crippen MR) is 187 cm³/mol. The van der Waals surface area contributed by atoms with Crippen LogP contribution in [0.3, 0.4) is 0 Å². The van der Waals surface area contributed by atoms with Crippen molar-refractivity contribution in [3.63, 3.8) is 0 Å². The minimum atomic E-state index is -1.24. The van der Waals surface area contributed by atoms with Crippen LogP contribution in [-0.2, 0) is 38.2 Å². The fraction of sp³-hybridized carbons (Fsp3) is 0.639. The third kappa shape index (κ3) is 12.3. The van der Waals surface area contributed by atoms with Gasteiger partial charge in [-0.25, -0.2) is 4.79 Å². The smallest absolute Gasteiger partial charge is 0.407 e. The zero-order valence-corrected chi connectivity index (χ0v) is 30.4. The molecule has 0 aromatic heterocycles. The molecule has 1 unspecified atom stereocenters. The lowest BCUT2D eigenvalue weighted by Crippen LogP contribution is -2.63. The highest BCUT2D eigenvalue weighted by molar-refractivity contribution is 6.38. The number of rotatable bonds is 16. The van der Waals surface area contributed by atoms with Crippen molar-refractivity contribution in [1.29, 1.82) is 0 Å². The number of amides is 6. The van der Waals surface area contributed by atoms with E-state index in [4.69, 9.17) is 9.47 Å². The Balaban J connectivity index is 1.67. The summed E-state index contributed by atoms with van der Waals surface area (Å²) in [7, 11) is 3.11. The van der Waals surface area contributed by atoms with Crippen molar-refractivity contribution in [2.75, 3.05) is 47.0 Å². The number of benzene rings is 1. The third-order valence-corrected chi connectivity index (χ3v) is 8.89. The molecule has 1 saturated heterocycles. The van der Waals surface area contributed by atoms with Crippen LogP contribution in [0, 0.1) is 11.8 Å². The van der Waals surface area contributed by atoms with Crippen LogP contribution in [0.25, 0.3) is 0 Å². The Morgan fingerprint density at radius 1 is 0.961 bits per heavy atom. The molecule has 6 amide bonds. The Labute approximate surface area is 299 Å². The van der Waals surface area contributed by atoms with E-state index < -0.39 is 66.2 Å². The Morgan fingerprint density at radius 3 is 2.27 bits per heavy atom. The van der Waals surface area contributed by atoms with Gasteiger partial charge >= 0.3 is 6.09 Å². The largest absolute Gasteiger partial charge is 0.449 e. The molecule has 1 aliphatic carbocycles.